The molecule has 1 aromatic heterocycles. The number of ether oxygens (including phenoxy) is 1. The van der Waals surface area contributed by atoms with Gasteiger partial charge < -0.3 is 4.74 Å². The van der Waals surface area contributed by atoms with Crippen molar-refractivity contribution in [2.75, 3.05) is 5.75 Å². The van der Waals surface area contributed by atoms with Crippen molar-refractivity contribution < 1.29 is 4.74 Å². The van der Waals surface area contributed by atoms with Crippen LogP contribution in [0.3, 0.4) is 0 Å². The van der Waals surface area contributed by atoms with E-state index in [9.17, 15) is 0 Å². The molecule has 2 aliphatic rings. The van der Waals surface area contributed by atoms with Crippen LogP contribution in [0.2, 0.25) is 0 Å². The summed E-state index contributed by atoms with van der Waals surface area (Å²) in [6.07, 6.45) is 7.83. The van der Waals surface area contributed by atoms with E-state index in [1.54, 1.807) is 6.33 Å². The molecule has 1 aromatic rings. The Labute approximate surface area is 101 Å². The molecular weight excluding hydrogens is 220 g/mol. The molecule has 3 nitrogen and oxygen atoms in total. The molecule has 0 radical (unpaired) electrons. The summed E-state index contributed by atoms with van der Waals surface area (Å²) in [5.41, 5.74) is 2.41. The first-order valence-corrected chi connectivity index (χ1v) is 6.63. The maximum Gasteiger partial charge on any atom is 0.220 e. The standard InChI is InChI=1S/C12H16N2OS/c16-6-5-10-11(8-1-2-8)13-7-14-12(10)15-9-3-4-9/h7-9,16H,1-6H2. The second-order valence-electron chi connectivity index (χ2n) is 4.61. The second kappa shape index (κ2) is 4.24. The smallest absolute Gasteiger partial charge is 0.220 e. The summed E-state index contributed by atoms with van der Waals surface area (Å²) in [6.45, 7) is 0. The van der Waals surface area contributed by atoms with Crippen molar-refractivity contribution in [3.8, 4) is 5.88 Å². The van der Waals surface area contributed by atoms with Crippen LogP contribution in [0, 0.1) is 0 Å². The number of nitrogens with zero attached hydrogens (tertiary/aromatic N) is 2. The Hall–Kier alpha value is -0.770. The van der Waals surface area contributed by atoms with Crippen LogP contribution in [-0.4, -0.2) is 21.8 Å². The lowest BCUT2D eigenvalue weighted by Crippen LogP contribution is -2.07. The van der Waals surface area contributed by atoms with Gasteiger partial charge in [-0.2, -0.15) is 12.6 Å². The third-order valence-electron chi connectivity index (χ3n) is 3.07. The summed E-state index contributed by atoms with van der Waals surface area (Å²) in [5, 5.41) is 0. The van der Waals surface area contributed by atoms with Crippen LogP contribution in [-0.2, 0) is 6.42 Å². The minimum atomic E-state index is 0.403. The maximum atomic E-state index is 5.84. The monoisotopic (exact) mass is 236 g/mol. The molecule has 2 saturated carbocycles. The zero-order valence-electron chi connectivity index (χ0n) is 9.22. The molecule has 0 N–H and O–H groups in total. The lowest BCUT2D eigenvalue weighted by atomic mass is 10.1. The quantitative estimate of drug-likeness (QED) is 0.797. The molecule has 16 heavy (non-hydrogen) atoms. The average Bonchev–Trinajstić information content (AvgIpc) is 3.15. The summed E-state index contributed by atoms with van der Waals surface area (Å²) < 4.78 is 5.84. The molecule has 0 spiro atoms. The van der Waals surface area contributed by atoms with Gasteiger partial charge in [-0.05, 0) is 37.9 Å². The third kappa shape index (κ3) is 2.17. The summed E-state index contributed by atoms with van der Waals surface area (Å²) in [5.74, 6) is 2.29. The average molecular weight is 236 g/mol. The Morgan fingerprint density at radius 1 is 1.25 bits per heavy atom. The normalized spacial score (nSPS) is 19.8. The highest BCUT2D eigenvalue weighted by Gasteiger charge is 2.31. The van der Waals surface area contributed by atoms with Gasteiger partial charge in [-0.3, -0.25) is 0 Å². The van der Waals surface area contributed by atoms with E-state index >= 15 is 0 Å². The second-order valence-corrected chi connectivity index (χ2v) is 5.05. The van der Waals surface area contributed by atoms with Gasteiger partial charge in [0.15, 0.2) is 0 Å². The largest absolute Gasteiger partial charge is 0.474 e. The van der Waals surface area contributed by atoms with Gasteiger partial charge in [-0.15, -0.1) is 0 Å². The van der Waals surface area contributed by atoms with E-state index in [4.69, 9.17) is 4.74 Å². The van der Waals surface area contributed by atoms with Crippen LogP contribution in [0.1, 0.15) is 42.9 Å². The van der Waals surface area contributed by atoms with E-state index in [1.165, 1.54) is 36.9 Å². The Morgan fingerprint density at radius 2 is 2.06 bits per heavy atom. The van der Waals surface area contributed by atoms with Crippen molar-refractivity contribution in [1.29, 1.82) is 0 Å². The Bertz CT molecular complexity index is 389. The summed E-state index contributed by atoms with van der Waals surface area (Å²) in [6, 6.07) is 0. The minimum absolute atomic E-state index is 0.403. The minimum Gasteiger partial charge on any atom is -0.474 e. The molecule has 0 unspecified atom stereocenters. The molecule has 86 valence electrons. The van der Waals surface area contributed by atoms with Gasteiger partial charge >= 0.3 is 0 Å². The fourth-order valence-electron chi connectivity index (χ4n) is 1.91. The van der Waals surface area contributed by atoms with Gasteiger partial charge in [0.25, 0.3) is 0 Å². The van der Waals surface area contributed by atoms with Crippen LogP contribution < -0.4 is 4.74 Å². The zero-order valence-corrected chi connectivity index (χ0v) is 10.1. The van der Waals surface area contributed by atoms with Crippen LogP contribution in [0.25, 0.3) is 0 Å². The van der Waals surface area contributed by atoms with Gasteiger partial charge in [0.2, 0.25) is 5.88 Å². The Kier molecular flexibility index (Phi) is 2.75. The molecule has 0 amide bonds. The van der Waals surface area contributed by atoms with Gasteiger partial charge in [0.1, 0.15) is 12.4 Å². The van der Waals surface area contributed by atoms with Gasteiger partial charge in [-0.25, -0.2) is 9.97 Å². The highest BCUT2D eigenvalue weighted by molar-refractivity contribution is 7.80. The van der Waals surface area contributed by atoms with Gasteiger partial charge in [-0.1, -0.05) is 0 Å². The predicted octanol–water partition coefficient (Wildman–Crippen LogP) is 2.37. The Balaban J connectivity index is 1.90. The molecule has 0 aliphatic heterocycles. The topological polar surface area (TPSA) is 35.0 Å². The van der Waals surface area contributed by atoms with Crippen molar-refractivity contribution in [3.05, 3.63) is 17.6 Å². The number of rotatable bonds is 5. The molecule has 1 heterocycles. The van der Waals surface area contributed by atoms with Crippen molar-refractivity contribution in [2.45, 2.75) is 44.1 Å². The zero-order chi connectivity index (χ0) is 11.0. The molecule has 3 rings (SSSR count). The molecule has 0 atom stereocenters. The summed E-state index contributed by atoms with van der Waals surface area (Å²) in [7, 11) is 0. The summed E-state index contributed by atoms with van der Waals surface area (Å²) >= 11 is 4.31. The van der Waals surface area contributed by atoms with E-state index in [0.717, 1.165) is 18.1 Å². The fourth-order valence-corrected chi connectivity index (χ4v) is 2.13. The third-order valence-corrected chi connectivity index (χ3v) is 3.29. The number of aromatic nitrogens is 2. The van der Waals surface area contributed by atoms with Crippen molar-refractivity contribution in [2.24, 2.45) is 0 Å². The molecule has 0 aromatic carbocycles. The number of thiol groups is 1. The highest BCUT2D eigenvalue weighted by Crippen LogP contribution is 2.42. The van der Waals surface area contributed by atoms with Crippen LogP contribution in [0.15, 0.2) is 6.33 Å². The molecule has 2 aliphatic carbocycles. The highest BCUT2D eigenvalue weighted by atomic mass is 32.1. The van der Waals surface area contributed by atoms with Crippen LogP contribution >= 0.6 is 12.6 Å². The first kappa shape index (κ1) is 10.4. The Morgan fingerprint density at radius 3 is 2.69 bits per heavy atom. The summed E-state index contributed by atoms with van der Waals surface area (Å²) in [4.78, 5) is 8.70. The first-order valence-electron chi connectivity index (χ1n) is 5.99. The van der Waals surface area contributed by atoms with E-state index in [0.29, 0.717) is 12.0 Å². The number of hydrogen-bond acceptors (Lipinski definition) is 4. The SMILES string of the molecule is SCCc1c(OC2CC2)ncnc1C1CC1. The molecule has 0 saturated heterocycles. The van der Waals surface area contributed by atoms with Crippen molar-refractivity contribution in [1.82, 2.24) is 9.97 Å². The molecule has 0 bridgehead atoms. The fraction of sp³-hybridized carbons (Fsp3) is 0.667. The van der Waals surface area contributed by atoms with Gasteiger partial charge in [0, 0.05) is 11.5 Å². The van der Waals surface area contributed by atoms with E-state index in [1.807, 2.05) is 0 Å². The van der Waals surface area contributed by atoms with Gasteiger partial charge in [0.05, 0.1) is 5.69 Å². The maximum absolute atomic E-state index is 5.84. The predicted molar refractivity (Wildman–Crippen MR) is 65.2 cm³/mol. The molecular formula is C12H16N2OS. The number of hydrogen-bond donors (Lipinski definition) is 1. The van der Waals surface area contributed by atoms with Crippen molar-refractivity contribution >= 4 is 12.6 Å². The van der Waals surface area contributed by atoms with Crippen molar-refractivity contribution in [3.63, 3.8) is 0 Å². The molecule has 4 heteroatoms. The van der Waals surface area contributed by atoms with Crippen LogP contribution in [0.5, 0.6) is 5.88 Å². The first-order chi connectivity index (χ1) is 7.88. The lowest BCUT2D eigenvalue weighted by molar-refractivity contribution is 0.286. The lowest BCUT2D eigenvalue weighted by Gasteiger charge is -2.12. The van der Waals surface area contributed by atoms with E-state index < -0.39 is 0 Å². The van der Waals surface area contributed by atoms with E-state index in [-0.39, 0.29) is 0 Å². The molecule has 2 fully saturated rings. The van der Waals surface area contributed by atoms with Crippen LogP contribution in [0.4, 0.5) is 0 Å². The van der Waals surface area contributed by atoms with E-state index in [2.05, 4.69) is 22.6 Å².